The minimum atomic E-state index is -0.271. The molecule has 0 saturated heterocycles. The lowest BCUT2D eigenvalue weighted by atomic mass is 10.1. The maximum absolute atomic E-state index is 13.2. The third-order valence-corrected chi connectivity index (χ3v) is 5.38. The van der Waals surface area contributed by atoms with Crippen LogP contribution in [0.5, 0.6) is 0 Å². The van der Waals surface area contributed by atoms with Crippen molar-refractivity contribution in [2.45, 2.75) is 34.2 Å². The predicted molar refractivity (Wildman–Crippen MR) is 118 cm³/mol. The zero-order valence-electron chi connectivity index (χ0n) is 18.0. The molecule has 0 aliphatic rings. The highest BCUT2D eigenvalue weighted by molar-refractivity contribution is 6.06. The third kappa shape index (κ3) is 3.99. The maximum atomic E-state index is 13.2. The summed E-state index contributed by atoms with van der Waals surface area (Å²) in [7, 11) is 0. The number of hydrogen-bond acceptors (Lipinski definition) is 3. The van der Waals surface area contributed by atoms with Gasteiger partial charge in [0.25, 0.3) is 5.91 Å². The van der Waals surface area contributed by atoms with Crippen molar-refractivity contribution >= 4 is 11.6 Å². The normalized spacial score (nSPS) is 11.0. The Bertz CT molecular complexity index is 1240. The highest BCUT2D eigenvalue weighted by Gasteiger charge is 2.22. The van der Waals surface area contributed by atoms with Gasteiger partial charge in [0.15, 0.2) is 0 Å². The van der Waals surface area contributed by atoms with Crippen molar-refractivity contribution in [2.24, 2.45) is 0 Å². The maximum Gasteiger partial charge on any atom is 0.259 e. The molecule has 6 nitrogen and oxygen atoms in total. The lowest BCUT2D eigenvalue weighted by Crippen LogP contribution is -2.15. The SMILES string of the molecule is Cc1nn(Cc2ccc(F)cc2)c(C)c1NC(=O)c1c(C)nn(-c2ccccc2)c1C. The molecule has 4 rings (SSSR count). The zero-order valence-corrected chi connectivity index (χ0v) is 18.0. The second kappa shape index (κ2) is 8.18. The van der Waals surface area contributed by atoms with E-state index in [-0.39, 0.29) is 11.7 Å². The van der Waals surface area contributed by atoms with Gasteiger partial charge in [-0.1, -0.05) is 30.3 Å². The van der Waals surface area contributed by atoms with Crippen molar-refractivity contribution in [3.8, 4) is 5.69 Å². The van der Waals surface area contributed by atoms with Crippen molar-refractivity contribution in [1.29, 1.82) is 0 Å². The molecule has 7 heteroatoms. The number of nitrogens with zero attached hydrogens (tertiary/aromatic N) is 4. The fourth-order valence-electron chi connectivity index (χ4n) is 3.76. The summed E-state index contributed by atoms with van der Waals surface area (Å²) >= 11 is 0. The number of carbonyl (C=O) groups is 1. The van der Waals surface area contributed by atoms with Crippen LogP contribution in [0.4, 0.5) is 10.1 Å². The van der Waals surface area contributed by atoms with Crippen LogP contribution < -0.4 is 5.32 Å². The van der Waals surface area contributed by atoms with Crippen LogP contribution in [0, 0.1) is 33.5 Å². The van der Waals surface area contributed by atoms with Gasteiger partial charge in [-0.15, -0.1) is 0 Å². The number of aromatic nitrogens is 4. The van der Waals surface area contributed by atoms with Crippen LogP contribution in [-0.4, -0.2) is 25.5 Å². The average Bonchev–Trinajstić information content (AvgIpc) is 3.20. The molecule has 2 heterocycles. The monoisotopic (exact) mass is 417 g/mol. The van der Waals surface area contributed by atoms with E-state index in [9.17, 15) is 9.18 Å². The smallest absolute Gasteiger partial charge is 0.259 e. The van der Waals surface area contributed by atoms with Gasteiger partial charge in [0, 0.05) is 0 Å². The van der Waals surface area contributed by atoms with Crippen LogP contribution in [0.3, 0.4) is 0 Å². The Morgan fingerprint density at radius 3 is 2.26 bits per heavy atom. The number of rotatable bonds is 5. The number of halogens is 1. The largest absolute Gasteiger partial charge is 0.319 e. The van der Waals surface area contributed by atoms with Gasteiger partial charge in [0.2, 0.25) is 0 Å². The van der Waals surface area contributed by atoms with Crippen molar-refractivity contribution < 1.29 is 9.18 Å². The van der Waals surface area contributed by atoms with E-state index in [2.05, 4.69) is 15.5 Å². The molecule has 0 fully saturated rings. The molecule has 158 valence electrons. The molecule has 31 heavy (non-hydrogen) atoms. The molecule has 0 spiro atoms. The number of hydrogen-bond donors (Lipinski definition) is 1. The Morgan fingerprint density at radius 1 is 0.903 bits per heavy atom. The number of aryl methyl sites for hydroxylation is 2. The van der Waals surface area contributed by atoms with Crippen LogP contribution in [0.25, 0.3) is 5.69 Å². The fraction of sp³-hybridized carbons (Fsp3) is 0.208. The van der Waals surface area contributed by atoms with Crippen LogP contribution in [-0.2, 0) is 6.54 Å². The van der Waals surface area contributed by atoms with E-state index in [4.69, 9.17) is 0 Å². The van der Waals surface area contributed by atoms with Gasteiger partial charge in [-0.3, -0.25) is 9.48 Å². The summed E-state index contributed by atoms with van der Waals surface area (Å²) < 4.78 is 16.8. The first-order valence-corrected chi connectivity index (χ1v) is 10.1. The van der Waals surface area contributed by atoms with Gasteiger partial charge < -0.3 is 5.32 Å². The topological polar surface area (TPSA) is 64.7 Å². The second-order valence-electron chi connectivity index (χ2n) is 7.58. The molecule has 1 N–H and O–H groups in total. The van der Waals surface area contributed by atoms with Gasteiger partial charge in [-0.2, -0.15) is 10.2 Å². The average molecular weight is 417 g/mol. The number of benzene rings is 2. The summed E-state index contributed by atoms with van der Waals surface area (Å²) in [4.78, 5) is 13.2. The number of carbonyl (C=O) groups excluding carboxylic acids is 1. The van der Waals surface area contributed by atoms with Crippen LogP contribution in [0.2, 0.25) is 0 Å². The number of anilines is 1. The van der Waals surface area contributed by atoms with E-state index in [0.29, 0.717) is 23.5 Å². The van der Waals surface area contributed by atoms with Gasteiger partial charge in [0.05, 0.1) is 46.3 Å². The molecule has 0 aliphatic carbocycles. The zero-order chi connectivity index (χ0) is 22.1. The summed E-state index contributed by atoms with van der Waals surface area (Å²) in [6.45, 7) is 7.98. The third-order valence-electron chi connectivity index (χ3n) is 5.38. The highest BCUT2D eigenvalue weighted by atomic mass is 19.1. The van der Waals surface area contributed by atoms with E-state index in [1.165, 1.54) is 12.1 Å². The first-order chi connectivity index (χ1) is 14.8. The minimum absolute atomic E-state index is 0.218. The first-order valence-electron chi connectivity index (χ1n) is 10.1. The molecular weight excluding hydrogens is 393 g/mol. The molecule has 1 amide bonds. The molecule has 0 bridgehead atoms. The molecule has 0 radical (unpaired) electrons. The molecule has 0 aliphatic heterocycles. The van der Waals surface area contributed by atoms with Crippen molar-refractivity contribution in [3.05, 3.63) is 94.3 Å². The Kier molecular flexibility index (Phi) is 5.42. The lowest BCUT2D eigenvalue weighted by molar-refractivity contribution is 0.102. The molecule has 0 saturated carbocycles. The van der Waals surface area contributed by atoms with Crippen molar-refractivity contribution in [1.82, 2.24) is 19.6 Å². The Hall–Kier alpha value is -3.74. The molecule has 2 aromatic carbocycles. The van der Waals surface area contributed by atoms with Crippen LogP contribution in [0.15, 0.2) is 54.6 Å². The number of amides is 1. The van der Waals surface area contributed by atoms with Gasteiger partial charge >= 0.3 is 0 Å². The van der Waals surface area contributed by atoms with Gasteiger partial charge in [-0.25, -0.2) is 9.07 Å². The van der Waals surface area contributed by atoms with E-state index in [1.54, 1.807) is 16.8 Å². The van der Waals surface area contributed by atoms with Gasteiger partial charge in [-0.05, 0) is 57.5 Å². The predicted octanol–water partition coefficient (Wildman–Crippen LogP) is 4.74. The molecular formula is C24H24FN5O. The molecule has 0 unspecified atom stereocenters. The summed E-state index contributed by atoms with van der Waals surface area (Å²) in [5, 5.41) is 12.1. The summed E-state index contributed by atoms with van der Waals surface area (Å²) in [5.41, 5.74) is 6.05. The summed E-state index contributed by atoms with van der Waals surface area (Å²) in [5.74, 6) is -0.489. The lowest BCUT2D eigenvalue weighted by Gasteiger charge is -2.08. The van der Waals surface area contributed by atoms with Crippen molar-refractivity contribution in [2.75, 3.05) is 5.32 Å². The van der Waals surface area contributed by atoms with Crippen LogP contribution >= 0.6 is 0 Å². The number of nitrogens with one attached hydrogen (secondary N) is 1. The van der Waals surface area contributed by atoms with E-state index in [0.717, 1.165) is 28.3 Å². The summed E-state index contributed by atoms with van der Waals surface area (Å²) in [6, 6.07) is 16.0. The standard InChI is InChI=1S/C24H24FN5O/c1-15-22(17(3)30(28-15)21-8-6-5-7-9-21)24(31)26-23-16(2)27-29(18(23)4)14-19-10-12-20(25)13-11-19/h5-13H,14H2,1-4H3,(H,26,31). The number of para-hydroxylation sites is 1. The van der Waals surface area contributed by atoms with Gasteiger partial charge in [0.1, 0.15) is 5.82 Å². The Balaban J connectivity index is 1.60. The minimum Gasteiger partial charge on any atom is -0.319 e. The van der Waals surface area contributed by atoms with E-state index < -0.39 is 0 Å². The molecule has 4 aromatic rings. The second-order valence-corrected chi connectivity index (χ2v) is 7.58. The Labute approximate surface area is 180 Å². The quantitative estimate of drug-likeness (QED) is 0.510. The molecule has 0 atom stereocenters. The summed E-state index contributed by atoms with van der Waals surface area (Å²) in [6.07, 6.45) is 0. The van der Waals surface area contributed by atoms with Crippen molar-refractivity contribution in [3.63, 3.8) is 0 Å². The fourth-order valence-corrected chi connectivity index (χ4v) is 3.76. The van der Waals surface area contributed by atoms with Crippen LogP contribution in [0.1, 0.15) is 38.7 Å². The first kappa shape index (κ1) is 20.5. The molecule has 2 aromatic heterocycles. The highest BCUT2D eigenvalue weighted by Crippen LogP contribution is 2.24. The van der Waals surface area contributed by atoms with E-state index >= 15 is 0 Å². The Morgan fingerprint density at radius 2 is 1.58 bits per heavy atom. The van der Waals surface area contributed by atoms with E-state index in [1.807, 2.05) is 62.7 Å².